The molecule has 2 fully saturated rings. The fourth-order valence-electron chi connectivity index (χ4n) is 4.99. The van der Waals surface area contributed by atoms with Gasteiger partial charge >= 0.3 is 0 Å². The summed E-state index contributed by atoms with van der Waals surface area (Å²) in [7, 11) is 0. The molecule has 0 saturated heterocycles. The monoisotopic (exact) mass is 522 g/mol. The number of rotatable bonds is 6. The summed E-state index contributed by atoms with van der Waals surface area (Å²) in [6.45, 7) is 0.265. The molecule has 4 N–H and O–H groups in total. The summed E-state index contributed by atoms with van der Waals surface area (Å²) in [6.07, 6.45) is 5.06. The summed E-state index contributed by atoms with van der Waals surface area (Å²) in [5, 5.41) is 15.3. The molecule has 37 heavy (non-hydrogen) atoms. The summed E-state index contributed by atoms with van der Waals surface area (Å²) in [5.41, 5.74) is 8.58. The predicted molar refractivity (Wildman–Crippen MR) is 143 cm³/mol. The molecule has 1 aromatic heterocycles. The Morgan fingerprint density at radius 3 is 2.38 bits per heavy atom. The van der Waals surface area contributed by atoms with Crippen LogP contribution in [0.2, 0.25) is 5.02 Å². The van der Waals surface area contributed by atoms with Crippen molar-refractivity contribution in [2.75, 3.05) is 6.54 Å². The maximum Gasteiger partial charge on any atom is 0.290 e. The van der Waals surface area contributed by atoms with E-state index in [4.69, 9.17) is 32.3 Å². The van der Waals surface area contributed by atoms with E-state index in [1.807, 2.05) is 48.5 Å². The lowest BCUT2D eigenvalue weighted by molar-refractivity contribution is -0.122. The number of halogens is 1. The Morgan fingerprint density at radius 1 is 1.11 bits per heavy atom. The molecule has 5 rings (SSSR count). The Morgan fingerprint density at radius 2 is 1.78 bits per heavy atom. The van der Waals surface area contributed by atoms with Crippen LogP contribution in [-0.2, 0) is 10.2 Å². The Balaban J connectivity index is 0.00000102. The van der Waals surface area contributed by atoms with Crippen molar-refractivity contribution in [2.24, 2.45) is 5.73 Å². The molecule has 2 aromatic carbocycles. The normalized spacial score (nSPS) is 20.9. The third kappa shape index (κ3) is 6.09. The number of nitrogens with zero attached hydrogens (tertiary/aromatic N) is 2. The van der Waals surface area contributed by atoms with E-state index in [1.54, 1.807) is 10.7 Å². The molecule has 2 saturated carbocycles. The largest absolute Gasteiger partial charge is 0.483 e. The van der Waals surface area contributed by atoms with E-state index in [2.05, 4.69) is 11.4 Å². The van der Waals surface area contributed by atoms with Crippen LogP contribution in [0.25, 0.3) is 11.3 Å². The first-order valence-electron chi connectivity index (χ1n) is 12.4. The lowest BCUT2D eigenvalue weighted by Gasteiger charge is -2.40. The van der Waals surface area contributed by atoms with E-state index in [9.17, 15) is 9.59 Å². The van der Waals surface area contributed by atoms with Crippen molar-refractivity contribution in [3.05, 3.63) is 87.2 Å². The van der Waals surface area contributed by atoms with Crippen molar-refractivity contribution in [2.45, 2.75) is 56.0 Å². The highest BCUT2D eigenvalue weighted by molar-refractivity contribution is 6.30. The van der Waals surface area contributed by atoms with Gasteiger partial charge in [-0.05, 0) is 62.3 Å². The van der Waals surface area contributed by atoms with Gasteiger partial charge in [-0.25, -0.2) is 4.68 Å². The SMILES string of the molecule is NC[C@]1(c2cccc(Cl)c2)CC[C@@H](n2nc(-c3ccccc3)cc(C(=O)NC3CC3)c2=O)CC1.O=CO. The standard InChI is InChI=1S/C27H29ClN4O2.CH2O2/c28-20-8-4-7-19(15-20)27(17-29)13-11-22(12-14-27)32-26(34)23(25(33)30-21-9-10-21)16-24(31-32)18-5-2-1-3-6-18;2-1-3/h1-8,15-16,21-22H,9-14,17,29H2,(H,30,33);1H,(H,2,3)/t22-,27+;. The molecule has 0 atom stereocenters. The van der Waals surface area contributed by atoms with Gasteiger partial charge in [-0.3, -0.25) is 14.4 Å². The Labute approximate surface area is 220 Å². The van der Waals surface area contributed by atoms with E-state index in [1.165, 1.54) is 0 Å². The van der Waals surface area contributed by atoms with Crippen molar-refractivity contribution in [3.8, 4) is 11.3 Å². The van der Waals surface area contributed by atoms with Crippen molar-refractivity contribution in [1.29, 1.82) is 0 Å². The zero-order chi connectivity index (χ0) is 26.4. The second-order valence-corrected chi connectivity index (χ2v) is 10.1. The van der Waals surface area contributed by atoms with Gasteiger partial charge in [0, 0.05) is 28.6 Å². The van der Waals surface area contributed by atoms with Crippen LogP contribution >= 0.6 is 11.6 Å². The third-order valence-corrected chi connectivity index (χ3v) is 7.48. The molecule has 0 bridgehead atoms. The zero-order valence-electron chi connectivity index (χ0n) is 20.5. The first kappa shape index (κ1) is 26.6. The van der Waals surface area contributed by atoms with Gasteiger partial charge in [0.05, 0.1) is 11.7 Å². The van der Waals surface area contributed by atoms with Crippen LogP contribution in [0.1, 0.15) is 60.5 Å². The number of carboxylic acid groups (broad SMARTS) is 1. The third-order valence-electron chi connectivity index (χ3n) is 7.25. The predicted octanol–water partition coefficient (Wildman–Crippen LogP) is 4.17. The number of nitrogens with two attached hydrogens (primary N) is 1. The highest BCUT2D eigenvalue weighted by Crippen LogP contribution is 2.42. The molecule has 8 nitrogen and oxygen atoms in total. The van der Waals surface area contributed by atoms with Gasteiger partial charge in [-0.2, -0.15) is 5.10 Å². The van der Waals surface area contributed by atoms with Crippen LogP contribution in [0.3, 0.4) is 0 Å². The molecule has 1 amide bonds. The second kappa shape index (κ2) is 11.7. The number of carbonyl (C=O) groups excluding carboxylic acids is 1. The summed E-state index contributed by atoms with van der Waals surface area (Å²) < 4.78 is 1.54. The average molecular weight is 523 g/mol. The summed E-state index contributed by atoms with van der Waals surface area (Å²) in [5.74, 6) is -0.313. The topological polar surface area (TPSA) is 127 Å². The highest BCUT2D eigenvalue weighted by Gasteiger charge is 2.37. The molecule has 2 aliphatic rings. The Kier molecular flexibility index (Phi) is 8.41. The fraction of sp³-hybridized carbons (Fsp3) is 0.357. The van der Waals surface area contributed by atoms with Gasteiger partial charge in [0.2, 0.25) is 0 Å². The number of aromatic nitrogens is 2. The van der Waals surface area contributed by atoms with Gasteiger partial charge in [0.25, 0.3) is 17.9 Å². The molecular weight excluding hydrogens is 492 g/mol. The summed E-state index contributed by atoms with van der Waals surface area (Å²) in [4.78, 5) is 34.7. The van der Waals surface area contributed by atoms with Gasteiger partial charge in [0.15, 0.2) is 0 Å². The molecule has 0 unspecified atom stereocenters. The second-order valence-electron chi connectivity index (χ2n) is 9.64. The smallest absolute Gasteiger partial charge is 0.290 e. The van der Waals surface area contributed by atoms with Gasteiger partial charge in [-0.15, -0.1) is 0 Å². The van der Waals surface area contributed by atoms with Gasteiger partial charge in [-0.1, -0.05) is 54.1 Å². The molecule has 2 aliphatic carbocycles. The number of benzene rings is 2. The minimum Gasteiger partial charge on any atom is -0.483 e. The molecule has 3 aromatic rings. The molecule has 0 aliphatic heterocycles. The molecular formula is C28H31ClN4O4. The van der Waals surface area contributed by atoms with E-state index < -0.39 is 0 Å². The fourth-order valence-corrected chi connectivity index (χ4v) is 5.18. The van der Waals surface area contributed by atoms with Crippen LogP contribution in [0.5, 0.6) is 0 Å². The van der Waals surface area contributed by atoms with Crippen molar-refractivity contribution < 1.29 is 14.7 Å². The van der Waals surface area contributed by atoms with E-state index >= 15 is 0 Å². The lowest BCUT2D eigenvalue weighted by atomic mass is 9.68. The number of carbonyl (C=O) groups is 2. The van der Waals surface area contributed by atoms with Crippen LogP contribution in [0, 0.1) is 0 Å². The number of hydrogen-bond acceptors (Lipinski definition) is 5. The minimum atomic E-state index is -0.328. The summed E-state index contributed by atoms with van der Waals surface area (Å²) >= 11 is 6.26. The molecule has 1 heterocycles. The van der Waals surface area contributed by atoms with Crippen LogP contribution < -0.4 is 16.6 Å². The number of hydrogen-bond donors (Lipinski definition) is 3. The quantitative estimate of drug-likeness (QED) is 0.417. The minimum absolute atomic E-state index is 0.0949. The first-order chi connectivity index (χ1) is 17.9. The number of nitrogens with one attached hydrogen (secondary N) is 1. The first-order valence-corrected chi connectivity index (χ1v) is 12.8. The zero-order valence-corrected chi connectivity index (χ0v) is 21.2. The van der Waals surface area contributed by atoms with Gasteiger partial charge < -0.3 is 16.2 Å². The van der Waals surface area contributed by atoms with Crippen molar-refractivity contribution in [3.63, 3.8) is 0 Å². The maximum atomic E-state index is 13.4. The number of amides is 1. The van der Waals surface area contributed by atoms with Crippen molar-refractivity contribution >= 4 is 24.0 Å². The van der Waals surface area contributed by atoms with E-state index in [0.29, 0.717) is 17.3 Å². The Hall–Kier alpha value is -3.49. The highest BCUT2D eigenvalue weighted by atomic mass is 35.5. The molecule has 0 spiro atoms. The molecule has 0 radical (unpaired) electrons. The van der Waals surface area contributed by atoms with Gasteiger partial charge in [0.1, 0.15) is 5.56 Å². The molecule has 9 heteroatoms. The van der Waals surface area contributed by atoms with Crippen LogP contribution in [0.15, 0.2) is 65.5 Å². The van der Waals surface area contributed by atoms with Crippen LogP contribution in [-0.4, -0.2) is 39.9 Å². The lowest BCUT2D eigenvalue weighted by Crippen LogP contribution is -2.42. The van der Waals surface area contributed by atoms with E-state index in [-0.39, 0.29) is 41.0 Å². The summed E-state index contributed by atoms with van der Waals surface area (Å²) in [6, 6.07) is 19.3. The van der Waals surface area contributed by atoms with E-state index in [0.717, 1.165) is 49.7 Å². The average Bonchev–Trinajstić information content (AvgIpc) is 3.74. The van der Waals surface area contributed by atoms with Crippen molar-refractivity contribution in [1.82, 2.24) is 15.1 Å². The maximum absolute atomic E-state index is 13.4. The Bertz CT molecular complexity index is 1300. The van der Waals surface area contributed by atoms with Crippen LogP contribution in [0.4, 0.5) is 0 Å². The molecule has 194 valence electrons.